The predicted molar refractivity (Wildman–Crippen MR) is 78.6 cm³/mol. The molecule has 0 saturated carbocycles. The van der Waals surface area contributed by atoms with Gasteiger partial charge in [0, 0.05) is 24.9 Å². The number of carboxylic acid groups (broad SMARTS) is 1. The van der Waals surface area contributed by atoms with Gasteiger partial charge in [0.05, 0.1) is 5.02 Å². The van der Waals surface area contributed by atoms with Gasteiger partial charge in [-0.1, -0.05) is 11.6 Å². The first-order chi connectivity index (χ1) is 10.4. The smallest absolute Gasteiger partial charge is 0.303 e. The second-order valence-electron chi connectivity index (χ2n) is 4.20. The monoisotopic (exact) mass is 325 g/mol. The highest BCUT2D eigenvalue weighted by Crippen LogP contribution is 2.19. The summed E-state index contributed by atoms with van der Waals surface area (Å²) >= 11 is 5.61. The van der Waals surface area contributed by atoms with Crippen LogP contribution in [0.5, 0.6) is 0 Å². The van der Waals surface area contributed by atoms with Crippen LogP contribution in [0.25, 0.3) is 0 Å². The second-order valence-corrected chi connectivity index (χ2v) is 4.60. The molecule has 1 amide bonds. The molecule has 22 heavy (non-hydrogen) atoms. The number of halogens is 2. The van der Waals surface area contributed by atoms with Gasteiger partial charge in [0.15, 0.2) is 0 Å². The lowest BCUT2D eigenvalue weighted by molar-refractivity contribution is -0.137. The molecule has 0 aliphatic carbocycles. The van der Waals surface area contributed by atoms with Gasteiger partial charge in [-0.15, -0.1) is 0 Å². The van der Waals surface area contributed by atoms with E-state index in [1.807, 2.05) is 0 Å². The highest BCUT2D eigenvalue weighted by atomic mass is 35.5. The number of hydrogen-bond donors (Lipinski definition) is 3. The van der Waals surface area contributed by atoms with Crippen LogP contribution in [0.3, 0.4) is 0 Å². The summed E-state index contributed by atoms with van der Waals surface area (Å²) in [7, 11) is 0. The summed E-state index contributed by atoms with van der Waals surface area (Å²) in [6.07, 6.45) is 1.36. The van der Waals surface area contributed by atoms with Gasteiger partial charge in [-0.05, 0) is 24.6 Å². The molecule has 0 unspecified atom stereocenters. The van der Waals surface area contributed by atoms with Gasteiger partial charge in [-0.2, -0.15) is 5.26 Å². The Morgan fingerprint density at radius 2 is 2.18 bits per heavy atom. The third kappa shape index (κ3) is 5.81. The molecular formula is C14H13ClFN3O3. The van der Waals surface area contributed by atoms with Crippen LogP contribution < -0.4 is 10.6 Å². The minimum atomic E-state index is -0.958. The zero-order valence-corrected chi connectivity index (χ0v) is 12.2. The van der Waals surface area contributed by atoms with Crippen LogP contribution in [-0.4, -0.2) is 23.5 Å². The van der Waals surface area contributed by atoms with Crippen molar-refractivity contribution in [3.8, 4) is 6.07 Å². The highest BCUT2D eigenvalue weighted by Gasteiger charge is 2.08. The second kappa shape index (κ2) is 8.64. The number of amides is 1. The Morgan fingerprint density at radius 3 is 2.77 bits per heavy atom. The first kappa shape index (κ1) is 17.5. The molecule has 116 valence electrons. The molecular weight excluding hydrogens is 313 g/mol. The molecule has 3 N–H and O–H groups in total. The van der Waals surface area contributed by atoms with E-state index in [1.165, 1.54) is 12.1 Å². The molecule has 0 saturated heterocycles. The molecule has 0 radical (unpaired) electrons. The number of nitrogens with one attached hydrogen (secondary N) is 2. The van der Waals surface area contributed by atoms with Crippen molar-refractivity contribution in [1.82, 2.24) is 5.32 Å². The van der Waals surface area contributed by atoms with E-state index in [4.69, 9.17) is 22.0 Å². The van der Waals surface area contributed by atoms with E-state index in [-0.39, 0.29) is 30.0 Å². The van der Waals surface area contributed by atoms with Gasteiger partial charge >= 0.3 is 5.97 Å². The zero-order chi connectivity index (χ0) is 16.5. The molecule has 6 nitrogen and oxygen atoms in total. The van der Waals surface area contributed by atoms with Crippen molar-refractivity contribution in [1.29, 1.82) is 5.26 Å². The normalized spacial score (nSPS) is 10.7. The highest BCUT2D eigenvalue weighted by molar-refractivity contribution is 6.31. The van der Waals surface area contributed by atoms with Crippen LogP contribution in [-0.2, 0) is 9.59 Å². The first-order valence-electron chi connectivity index (χ1n) is 6.26. The Bertz CT molecular complexity index is 641. The van der Waals surface area contributed by atoms with E-state index >= 15 is 0 Å². The molecule has 0 aromatic heterocycles. The number of nitrogens with zero attached hydrogens (tertiary/aromatic N) is 1. The van der Waals surface area contributed by atoms with Gasteiger partial charge in [0.1, 0.15) is 17.5 Å². The number of nitriles is 1. The topological polar surface area (TPSA) is 102 Å². The molecule has 0 bridgehead atoms. The SMILES string of the molecule is N#C/C(=C/Nc1ccc(F)c(Cl)c1)C(=O)NCCCC(=O)O. The summed E-state index contributed by atoms with van der Waals surface area (Å²) in [5, 5.41) is 22.4. The largest absolute Gasteiger partial charge is 0.481 e. The van der Waals surface area contributed by atoms with Crippen molar-refractivity contribution in [2.45, 2.75) is 12.8 Å². The average Bonchev–Trinajstić information content (AvgIpc) is 2.47. The maximum Gasteiger partial charge on any atom is 0.303 e. The van der Waals surface area contributed by atoms with E-state index in [2.05, 4.69) is 10.6 Å². The summed E-state index contributed by atoms with van der Waals surface area (Å²) in [6.45, 7) is 0.145. The Kier molecular flexibility index (Phi) is 6.86. The van der Waals surface area contributed by atoms with Crippen molar-refractivity contribution in [2.75, 3.05) is 11.9 Å². The standard InChI is InChI=1S/C14H13ClFN3O3/c15-11-6-10(3-4-12(11)16)19-8-9(7-17)14(22)18-5-1-2-13(20)21/h3-4,6,8,19H,1-2,5H2,(H,18,22)(H,20,21)/b9-8-. The fourth-order valence-electron chi connectivity index (χ4n) is 1.43. The molecule has 0 aliphatic rings. The van der Waals surface area contributed by atoms with Gasteiger partial charge in [0.25, 0.3) is 5.91 Å². The van der Waals surface area contributed by atoms with E-state index in [1.54, 1.807) is 6.07 Å². The predicted octanol–water partition coefficient (Wildman–Crippen LogP) is 2.28. The summed E-state index contributed by atoms with van der Waals surface area (Å²) < 4.78 is 13.0. The van der Waals surface area contributed by atoms with Crippen molar-refractivity contribution >= 4 is 29.2 Å². The van der Waals surface area contributed by atoms with E-state index in [9.17, 15) is 14.0 Å². The molecule has 1 rings (SSSR count). The number of aliphatic carboxylic acids is 1. The van der Waals surface area contributed by atoms with Crippen LogP contribution in [0, 0.1) is 17.1 Å². The van der Waals surface area contributed by atoms with Crippen molar-refractivity contribution in [3.63, 3.8) is 0 Å². The number of carbonyl (C=O) groups excluding carboxylic acids is 1. The van der Waals surface area contributed by atoms with Crippen LogP contribution in [0.1, 0.15) is 12.8 Å². The van der Waals surface area contributed by atoms with Crippen molar-refractivity contribution in [3.05, 3.63) is 40.8 Å². The Labute approximate surface area is 131 Å². The minimum absolute atomic E-state index is 0.0712. The molecule has 8 heteroatoms. The molecule has 1 aromatic carbocycles. The lowest BCUT2D eigenvalue weighted by atomic mass is 10.2. The summed E-state index contributed by atoms with van der Waals surface area (Å²) in [5.74, 6) is -2.17. The van der Waals surface area contributed by atoms with Crippen LogP contribution in [0.2, 0.25) is 5.02 Å². The quantitative estimate of drug-likeness (QED) is 0.405. The summed E-state index contributed by atoms with van der Waals surface area (Å²) in [4.78, 5) is 22.0. The minimum Gasteiger partial charge on any atom is -0.481 e. The summed E-state index contributed by atoms with van der Waals surface area (Å²) in [6, 6.07) is 5.57. The van der Waals surface area contributed by atoms with Crippen molar-refractivity contribution in [2.24, 2.45) is 0 Å². The number of rotatable bonds is 7. The lowest BCUT2D eigenvalue weighted by Crippen LogP contribution is -2.26. The van der Waals surface area contributed by atoms with Crippen LogP contribution >= 0.6 is 11.6 Å². The third-order valence-corrected chi connectivity index (χ3v) is 2.81. The van der Waals surface area contributed by atoms with E-state index in [0.717, 1.165) is 12.3 Å². The molecule has 0 heterocycles. The Morgan fingerprint density at radius 1 is 1.45 bits per heavy atom. The molecule has 0 aliphatic heterocycles. The molecule has 0 fully saturated rings. The van der Waals surface area contributed by atoms with E-state index in [0.29, 0.717) is 5.69 Å². The van der Waals surface area contributed by atoms with Gasteiger partial charge < -0.3 is 15.7 Å². The van der Waals surface area contributed by atoms with Gasteiger partial charge in [-0.3, -0.25) is 9.59 Å². The first-order valence-corrected chi connectivity index (χ1v) is 6.63. The van der Waals surface area contributed by atoms with Gasteiger partial charge in [0.2, 0.25) is 0 Å². The average molecular weight is 326 g/mol. The number of benzene rings is 1. The van der Waals surface area contributed by atoms with Gasteiger partial charge in [-0.25, -0.2) is 4.39 Å². The van der Waals surface area contributed by atoms with Crippen molar-refractivity contribution < 1.29 is 19.1 Å². The molecule has 0 spiro atoms. The number of carbonyl (C=O) groups is 2. The number of anilines is 1. The summed E-state index contributed by atoms with van der Waals surface area (Å²) in [5.41, 5.74) is 0.216. The maximum atomic E-state index is 13.0. The lowest BCUT2D eigenvalue weighted by Gasteiger charge is -2.05. The van der Waals surface area contributed by atoms with Crippen LogP contribution in [0.15, 0.2) is 30.0 Å². The number of hydrogen-bond acceptors (Lipinski definition) is 4. The zero-order valence-electron chi connectivity index (χ0n) is 11.4. The molecule has 0 atom stereocenters. The van der Waals surface area contributed by atoms with E-state index < -0.39 is 17.7 Å². The number of carboxylic acids is 1. The fraction of sp³-hybridized carbons (Fsp3) is 0.214. The fourth-order valence-corrected chi connectivity index (χ4v) is 1.61. The third-order valence-electron chi connectivity index (χ3n) is 2.52. The Balaban J connectivity index is 2.58. The maximum absolute atomic E-state index is 13.0. The molecule has 1 aromatic rings. The van der Waals surface area contributed by atoms with Crippen LogP contribution in [0.4, 0.5) is 10.1 Å². The Hall–Kier alpha value is -2.59.